The van der Waals surface area contributed by atoms with Gasteiger partial charge in [-0.3, -0.25) is 10.2 Å². The van der Waals surface area contributed by atoms with Gasteiger partial charge in [-0.05, 0) is 33.9 Å². The number of likely N-dealkylation sites (tertiary alicyclic amines) is 1. The molecular formula is C13H26N4. The lowest BCUT2D eigenvalue weighted by Crippen LogP contribution is -2.43. The van der Waals surface area contributed by atoms with Gasteiger partial charge >= 0.3 is 0 Å². The zero-order valence-electron chi connectivity index (χ0n) is 11.8. The average Bonchev–Trinajstić information content (AvgIpc) is 2.57. The van der Waals surface area contributed by atoms with E-state index in [1.807, 2.05) is 0 Å². The molecule has 0 amide bonds. The monoisotopic (exact) mass is 238 g/mol. The molecule has 3 atom stereocenters. The molecule has 1 aliphatic heterocycles. The van der Waals surface area contributed by atoms with Gasteiger partial charge in [-0.2, -0.15) is 5.26 Å². The van der Waals surface area contributed by atoms with Crippen molar-refractivity contribution >= 4 is 0 Å². The summed E-state index contributed by atoms with van der Waals surface area (Å²) >= 11 is 0. The predicted molar refractivity (Wildman–Crippen MR) is 70.8 cm³/mol. The number of rotatable bonds is 5. The van der Waals surface area contributed by atoms with Crippen LogP contribution in [0.25, 0.3) is 0 Å². The fourth-order valence-electron chi connectivity index (χ4n) is 2.66. The molecule has 1 heterocycles. The van der Waals surface area contributed by atoms with Gasteiger partial charge < -0.3 is 4.90 Å². The van der Waals surface area contributed by atoms with Crippen LogP contribution in [0.15, 0.2) is 0 Å². The van der Waals surface area contributed by atoms with Gasteiger partial charge in [-0.25, -0.2) is 0 Å². The van der Waals surface area contributed by atoms with E-state index in [1.165, 1.54) is 0 Å². The van der Waals surface area contributed by atoms with Gasteiger partial charge in [0.15, 0.2) is 0 Å². The van der Waals surface area contributed by atoms with Crippen molar-refractivity contribution in [2.24, 2.45) is 5.92 Å². The molecule has 1 aliphatic rings. The molecule has 1 fully saturated rings. The Morgan fingerprint density at radius 2 is 2.06 bits per heavy atom. The smallest absolute Gasteiger partial charge is 0.108 e. The van der Waals surface area contributed by atoms with Crippen LogP contribution in [-0.4, -0.2) is 61.7 Å². The molecular weight excluding hydrogens is 212 g/mol. The Bertz CT molecular complexity index is 269. The summed E-state index contributed by atoms with van der Waals surface area (Å²) in [6.45, 7) is 9.47. The van der Waals surface area contributed by atoms with Gasteiger partial charge in [0, 0.05) is 31.7 Å². The summed E-state index contributed by atoms with van der Waals surface area (Å²) in [7, 11) is 4.28. The van der Waals surface area contributed by atoms with Crippen molar-refractivity contribution in [2.45, 2.75) is 38.9 Å². The molecule has 4 nitrogen and oxygen atoms in total. The maximum Gasteiger partial charge on any atom is 0.108 e. The van der Waals surface area contributed by atoms with Crippen molar-refractivity contribution in [3.05, 3.63) is 0 Å². The maximum atomic E-state index is 9.13. The zero-order valence-corrected chi connectivity index (χ0v) is 11.8. The standard InChI is InChI=1S/C13H26N4/c1-10(2)15-12(6-14)8-17-7-11(3)13(9-17)16(4)5/h10-13,15H,7-9H2,1-5H3. The summed E-state index contributed by atoms with van der Waals surface area (Å²) in [5.74, 6) is 0.684. The van der Waals surface area contributed by atoms with Crippen LogP contribution in [0.2, 0.25) is 0 Å². The topological polar surface area (TPSA) is 42.3 Å². The molecule has 0 radical (unpaired) electrons. The van der Waals surface area contributed by atoms with E-state index in [4.69, 9.17) is 5.26 Å². The Morgan fingerprint density at radius 3 is 2.47 bits per heavy atom. The summed E-state index contributed by atoms with van der Waals surface area (Å²) in [5, 5.41) is 12.4. The summed E-state index contributed by atoms with van der Waals surface area (Å²) < 4.78 is 0. The first-order chi connectivity index (χ1) is 7.93. The van der Waals surface area contributed by atoms with Crippen molar-refractivity contribution in [3.8, 4) is 6.07 Å². The summed E-state index contributed by atoms with van der Waals surface area (Å²) in [6.07, 6.45) is 0. The minimum atomic E-state index is -0.0527. The minimum absolute atomic E-state index is 0.0527. The Hall–Kier alpha value is -0.630. The first kappa shape index (κ1) is 14.4. The highest BCUT2D eigenvalue weighted by atomic mass is 15.2. The molecule has 0 saturated carbocycles. The van der Waals surface area contributed by atoms with E-state index < -0.39 is 0 Å². The van der Waals surface area contributed by atoms with Crippen LogP contribution < -0.4 is 5.32 Å². The van der Waals surface area contributed by atoms with E-state index in [9.17, 15) is 0 Å². The fourth-order valence-corrected chi connectivity index (χ4v) is 2.66. The summed E-state index contributed by atoms with van der Waals surface area (Å²) in [4.78, 5) is 4.69. The van der Waals surface area contributed by atoms with Gasteiger partial charge in [-0.15, -0.1) is 0 Å². The van der Waals surface area contributed by atoms with Gasteiger partial charge in [0.1, 0.15) is 6.04 Å². The molecule has 0 aromatic heterocycles. The largest absolute Gasteiger partial charge is 0.305 e. The highest BCUT2D eigenvalue weighted by Crippen LogP contribution is 2.19. The van der Waals surface area contributed by atoms with E-state index >= 15 is 0 Å². The molecule has 0 aromatic carbocycles. The van der Waals surface area contributed by atoms with Gasteiger partial charge in [0.2, 0.25) is 0 Å². The summed E-state index contributed by atoms with van der Waals surface area (Å²) in [6, 6.07) is 3.28. The van der Waals surface area contributed by atoms with E-state index in [-0.39, 0.29) is 6.04 Å². The SMILES string of the molecule is CC(C)NC(C#N)CN1CC(C)C(N(C)C)C1. The van der Waals surface area contributed by atoms with Crippen LogP contribution in [-0.2, 0) is 0 Å². The van der Waals surface area contributed by atoms with Gasteiger partial charge in [0.05, 0.1) is 6.07 Å². The highest BCUT2D eigenvalue weighted by molar-refractivity contribution is 4.96. The average molecular weight is 238 g/mol. The third kappa shape index (κ3) is 4.27. The molecule has 1 N–H and O–H groups in total. The molecule has 0 bridgehead atoms. The van der Waals surface area contributed by atoms with Crippen LogP contribution in [0.1, 0.15) is 20.8 Å². The van der Waals surface area contributed by atoms with Crippen molar-refractivity contribution in [1.29, 1.82) is 5.26 Å². The number of nitrogens with zero attached hydrogens (tertiary/aromatic N) is 3. The van der Waals surface area contributed by atoms with E-state index in [2.05, 4.69) is 56.1 Å². The quantitative estimate of drug-likeness (QED) is 0.768. The molecule has 17 heavy (non-hydrogen) atoms. The molecule has 3 unspecified atom stereocenters. The Kier molecular flexibility index (Phi) is 5.38. The van der Waals surface area contributed by atoms with Crippen molar-refractivity contribution in [2.75, 3.05) is 33.7 Å². The van der Waals surface area contributed by atoms with Crippen molar-refractivity contribution in [3.63, 3.8) is 0 Å². The second-order valence-corrected chi connectivity index (χ2v) is 5.73. The fraction of sp³-hybridized carbons (Fsp3) is 0.923. The van der Waals surface area contributed by atoms with Crippen LogP contribution in [0.4, 0.5) is 0 Å². The van der Waals surface area contributed by atoms with Gasteiger partial charge in [-0.1, -0.05) is 6.92 Å². The Balaban J connectivity index is 2.46. The van der Waals surface area contributed by atoms with Crippen molar-refractivity contribution < 1.29 is 0 Å². The second kappa shape index (κ2) is 6.34. The summed E-state index contributed by atoms with van der Waals surface area (Å²) in [5.41, 5.74) is 0. The van der Waals surface area contributed by atoms with E-state index in [0.717, 1.165) is 19.6 Å². The van der Waals surface area contributed by atoms with Crippen LogP contribution >= 0.6 is 0 Å². The first-order valence-corrected chi connectivity index (χ1v) is 6.48. The zero-order chi connectivity index (χ0) is 13.0. The Morgan fingerprint density at radius 1 is 1.41 bits per heavy atom. The lowest BCUT2D eigenvalue weighted by Gasteiger charge is -2.24. The minimum Gasteiger partial charge on any atom is -0.305 e. The van der Waals surface area contributed by atoms with Crippen molar-refractivity contribution in [1.82, 2.24) is 15.1 Å². The van der Waals surface area contributed by atoms with E-state index in [0.29, 0.717) is 18.0 Å². The molecule has 0 aliphatic carbocycles. The Labute approximate surface area is 106 Å². The lowest BCUT2D eigenvalue weighted by molar-refractivity contribution is 0.247. The highest BCUT2D eigenvalue weighted by Gasteiger charge is 2.31. The maximum absolute atomic E-state index is 9.13. The molecule has 4 heteroatoms. The molecule has 0 aromatic rings. The third-order valence-electron chi connectivity index (χ3n) is 3.44. The number of likely N-dealkylation sites (N-methyl/N-ethyl adjacent to an activating group) is 1. The normalized spacial score (nSPS) is 27.6. The van der Waals surface area contributed by atoms with Crippen LogP contribution in [0.5, 0.6) is 0 Å². The molecule has 1 rings (SSSR count). The molecule has 1 saturated heterocycles. The predicted octanol–water partition coefficient (Wildman–Crippen LogP) is 0.758. The molecule has 0 spiro atoms. The number of nitriles is 1. The lowest BCUT2D eigenvalue weighted by atomic mass is 10.1. The number of nitrogens with one attached hydrogen (secondary N) is 1. The second-order valence-electron chi connectivity index (χ2n) is 5.73. The van der Waals surface area contributed by atoms with Crippen LogP contribution in [0, 0.1) is 17.2 Å². The number of hydrogen-bond acceptors (Lipinski definition) is 4. The van der Waals surface area contributed by atoms with Gasteiger partial charge in [0.25, 0.3) is 0 Å². The van der Waals surface area contributed by atoms with E-state index in [1.54, 1.807) is 0 Å². The third-order valence-corrected chi connectivity index (χ3v) is 3.44. The number of hydrogen-bond donors (Lipinski definition) is 1. The molecule has 98 valence electrons. The first-order valence-electron chi connectivity index (χ1n) is 6.48. The van der Waals surface area contributed by atoms with Crippen LogP contribution in [0.3, 0.4) is 0 Å².